The number of carbonyl (C=O) groups excluding carboxylic acids is 1. The minimum atomic E-state index is -4.40. The molecule has 0 bridgehead atoms. The maximum absolute atomic E-state index is 12.7. The van der Waals surface area contributed by atoms with Gasteiger partial charge in [-0.05, 0) is 24.6 Å². The van der Waals surface area contributed by atoms with Gasteiger partial charge >= 0.3 is 6.18 Å². The monoisotopic (exact) mass is 269 g/mol. The largest absolute Gasteiger partial charge is 0.416 e. The van der Waals surface area contributed by atoms with E-state index in [1.165, 1.54) is 11.0 Å². The number of rotatable bonds is 2. The van der Waals surface area contributed by atoms with Gasteiger partial charge in [-0.2, -0.15) is 13.2 Å². The van der Waals surface area contributed by atoms with Crippen LogP contribution in [0.5, 0.6) is 0 Å². The van der Waals surface area contributed by atoms with E-state index >= 15 is 0 Å². The summed E-state index contributed by atoms with van der Waals surface area (Å²) in [4.78, 5) is 13.3. The number of hydrogen-bond acceptors (Lipinski definition) is 1. The van der Waals surface area contributed by atoms with E-state index in [9.17, 15) is 18.0 Å². The first-order valence-corrected chi connectivity index (χ1v) is 5.93. The molecule has 1 aromatic rings. The molecular weight excluding hydrogens is 255 g/mol. The number of nitrogens with zero attached hydrogens (tertiary/aromatic N) is 1. The maximum atomic E-state index is 12.7. The summed E-state index contributed by atoms with van der Waals surface area (Å²) >= 11 is 0. The van der Waals surface area contributed by atoms with Crippen molar-refractivity contribution >= 4 is 11.6 Å². The van der Waals surface area contributed by atoms with Gasteiger partial charge in [0.25, 0.3) is 0 Å². The highest BCUT2D eigenvalue weighted by Gasteiger charge is 2.34. The lowest BCUT2D eigenvalue weighted by molar-refractivity contribution is -0.137. The summed E-state index contributed by atoms with van der Waals surface area (Å²) < 4.78 is 38.1. The molecule has 1 fully saturated rings. The Morgan fingerprint density at radius 2 is 2.11 bits per heavy atom. The first-order chi connectivity index (χ1) is 8.82. The number of aryl methyl sites for hydroxylation is 1. The minimum Gasteiger partial charge on any atom is -0.312 e. The van der Waals surface area contributed by atoms with Crippen molar-refractivity contribution in [2.24, 2.45) is 5.92 Å². The summed E-state index contributed by atoms with van der Waals surface area (Å²) in [6, 6.07) is 3.47. The number of hydrogen-bond donors (Lipinski definition) is 0. The fourth-order valence-corrected chi connectivity index (χ4v) is 2.20. The van der Waals surface area contributed by atoms with Crippen LogP contribution in [0.25, 0.3) is 0 Å². The van der Waals surface area contributed by atoms with Crippen molar-refractivity contribution in [2.45, 2.75) is 19.5 Å². The van der Waals surface area contributed by atoms with Gasteiger partial charge in [0, 0.05) is 24.6 Å². The lowest BCUT2D eigenvalue weighted by Crippen LogP contribution is -2.25. The van der Waals surface area contributed by atoms with Crippen LogP contribution < -0.4 is 4.90 Å². The molecule has 0 spiro atoms. The number of halogens is 3. The average Bonchev–Trinajstić information content (AvgIpc) is 2.69. The van der Waals surface area contributed by atoms with E-state index in [4.69, 9.17) is 0 Å². The molecule has 1 aromatic carbocycles. The smallest absolute Gasteiger partial charge is 0.312 e. The molecular formula is C14H14F3NO. The summed E-state index contributed by atoms with van der Waals surface area (Å²) in [6.07, 6.45) is -2.43. The minimum absolute atomic E-state index is 0.00134. The first kappa shape index (κ1) is 13.6. The van der Waals surface area contributed by atoms with E-state index in [-0.39, 0.29) is 11.8 Å². The fraction of sp³-hybridized carbons (Fsp3) is 0.357. The van der Waals surface area contributed by atoms with E-state index in [0.717, 1.165) is 12.1 Å². The van der Waals surface area contributed by atoms with E-state index in [1.54, 1.807) is 13.0 Å². The van der Waals surface area contributed by atoms with Crippen molar-refractivity contribution in [3.63, 3.8) is 0 Å². The summed E-state index contributed by atoms with van der Waals surface area (Å²) in [5.41, 5.74) is 0.262. The predicted octanol–water partition coefficient (Wildman–Crippen LogP) is 3.55. The lowest BCUT2D eigenvalue weighted by atomic mass is 10.1. The van der Waals surface area contributed by atoms with E-state index in [2.05, 4.69) is 6.58 Å². The molecule has 1 heterocycles. The molecule has 0 saturated carbocycles. The third-order valence-electron chi connectivity index (χ3n) is 3.32. The predicted molar refractivity (Wildman–Crippen MR) is 66.8 cm³/mol. The zero-order valence-corrected chi connectivity index (χ0v) is 10.5. The Morgan fingerprint density at radius 3 is 2.63 bits per heavy atom. The van der Waals surface area contributed by atoms with Gasteiger partial charge in [0.2, 0.25) is 5.91 Å². The van der Waals surface area contributed by atoms with Crippen molar-refractivity contribution in [3.8, 4) is 0 Å². The number of anilines is 1. The van der Waals surface area contributed by atoms with Crippen LogP contribution in [0.15, 0.2) is 30.9 Å². The molecule has 1 atom stereocenters. The van der Waals surface area contributed by atoms with Crippen LogP contribution in [0.4, 0.5) is 18.9 Å². The third kappa shape index (κ3) is 2.64. The molecule has 5 heteroatoms. The second-order valence-electron chi connectivity index (χ2n) is 4.70. The summed E-state index contributed by atoms with van der Waals surface area (Å²) in [5, 5.41) is 0. The number of benzene rings is 1. The summed E-state index contributed by atoms with van der Waals surface area (Å²) in [7, 11) is 0. The molecule has 1 aliphatic rings. The van der Waals surface area contributed by atoms with E-state index in [1.807, 2.05) is 0 Å². The summed E-state index contributed by atoms with van der Waals surface area (Å²) in [5.74, 6) is -0.159. The Hall–Kier alpha value is -1.78. The molecule has 102 valence electrons. The van der Waals surface area contributed by atoms with Gasteiger partial charge < -0.3 is 4.90 Å². The average molecular weight is 269 g/mol. The van der Waals surface area contributed by atoms with Gasteiger partial charge in [-0.3, -0.25) is 4.79 Å². The van der Waals surface area contributed by atoms with Crippen molar-refractivity contribution in [1.29, 1.82) is 0 Å². The lowest BCUT2D eigenvalue weighted by Gasteiger charge is -2.20. The Labute approximate surface area is 109 Å². The molecule has 0 aliphatic carbocycles. The van der Waals surface area contributed by atoms with E-state index < -0.39 is 11.7 Å². The van der Waals surface area contributed by atoms with Crippen LogP contribution in [0.3, 0.4) is 0 Å². The highest BCUT2D eigenvalue weighted by molar-refractivity contribution is 5.96. The van der Waals surface area contributed by atoms with Gasteiger partial charge in [0.1, 0.15) is 0 Å². The Morgan fingerprint density at radius 1 is 1.42 bits per heavy atom. The van der Waals surface area contributed by atoms with Crippen LogP contribution in [-0.2, 0) is 11.0 Å². The molecule has 2 nitrogen and oxygen atoms in total. The van der Waals surface area contributed by atoms with Gasteiger partial charge in [-0.15, -0.1) is 6.58 Å². The quantitative estimate of drug-likeness (QED) is 0.752. The molecule has 1 aliphatic heterocycles. The van der Waals surface area contributed by atoms with Crippen molar-refractivity contribution in [2.75, 3.05) is 11.4 Å². The number of carbonyl (C=O) groups is 1. The van der Waals surface area contributed by atoms with Crippen molar-refractivity contribution in [3.05, 3.63) is 42.0 Å². The second kappa shape index (κ2) is 4.72. The molecule has 0 N–H and O–H groups in total. The van der Waals surface area contributed by atoms with Crippen LogP contribution >= 0.6 is 0 Å². The standard InChI is InChI=1S/C14H14F3NO/c1-3-10-6-13(19)18(8-10)12-7-11(14(15,16)17)5-4-9(12)2/h3-5,7,10H,1,6,8H2,2H3. The molecule has 1 saturated heterocycles. The Balaban J connectivity index is 2.39. The van der Waals surface area contributed by atoms with Crippen LogP contribution in [0.2, 0.25) is 0 Å². The highest BCUT2D eigenvalue weighted by atomic mass is 19.4. The fourth-order valence-electron chi connectivity index (χ4n) is 2.20. The van der Waals surface area contributed by atoms with Crippen LogP contribution in [0, 0.1) is 12.8 Å². The first-order valence-electron chi connectivity index (χ1n) is 5.93. The van der Waals surface area contributed by atoms with Gasteiger partial charge in [0.15, 0.2) is 0 Å². The zero-order chi connectivity index (χ0) is 14.2. The van der Waals surface area contributed by atoms with Crippen molar-refractivity contribution in [1.82, 2.24) is 0 Å². The van der Waals surface area contributed by atoms with Gasteiger partial charge in [0.05, 0.1) is 5.56 Å². The topological polar surface area (TPSA) is 20.3 Å². The van der Waals surface area contributed by atoms with Crippen molar-refractivity contribution < 1.29 is 18.0 Å². The van der Waals surface area contributed by atoms with Gasteiger partial charge in [-0.1, -0.05) is 12.1 Å². The van der Waals surface area contributed by atoms with Crippen LogP contribution in [0.1, 0.15) is 17.5 Å². The molecule has 1 unspecified atom stereocenters. The molecule has 2 rings (SSSR count). The highest BCUT2D eigenvalue weighted by Crippen LogP contribution is 2.35. The number of amides is 1. The number of alkyl halides is 3. The zero-order valence-electron chi connectivity index (χ0n) is 10.5. The summed E-state index contributed by atoms with van der Waals surface area (Å²) in [6.45, 7) is 5.72. The molecule has 1 amide bonds. The second-order valence-corrected chi connectivity index (χ2v) is 4.70. The van der Waals surface area contributed by atoms with Crippen LogP contribution in [-0.4, -0.2) is 12.5 Å². The molecule has 0 aromatic heterocycles. The Kier molecular flexibility index (Phi) is 3.39. The molecule has 0 radical (unpaired) electrons. The maximum Gasteiger partial charge on any atom is 0.416 e. The molecule has 19 heavy (non-hydrogen) atoms. The Bertz CT molecular complexity index is 522. The van der Waals surface area contributed by atoms with Gasteiger partial charge in [-0.25, -0.2) is 0 Å². The SMILES string of the molecule is C=CC1CC(=O)N(c2cc(C(F)(F)F)ccc2C)C1. The van der Waals surface area contributed by atoms with E-state index in [0.29, 0.717) is 24.2 Å². The normalized spacial score (nSPS) is 19.9. The third-order valence-corrected chi connectivity index (χ3v) is 3.32.